The molecule has 0 fully saturated rings. The number of benzene rings is 2. The molecule has 3 aliphatic carbocycles. The summed E-state index contributed by atoms with van der Waals surface area (Å²) in [6.07, 6.45) is 0.191. The zero-order chi connectivity index (χ0) is 28.0. The highest BCUT2D eigenvalue weighted by atomic mass is 16.4. The Labute approximate surface area is 222 Å². The fraction of sp³-hybridized carbons (Fsp3) is 0.276. The minimum atomic E-state index is -2.67. The van der Waals surface area contributed by atoms with E-state index in [1.807, 2.05) is 30.3 Å². The number of fused-ring (bicyclic) bond motifs is 4. The number of phenols is 1. The molecular weight excluding hydrogens is 504 g/mol. The summed E-state index contributed by atoms with van der Waals surface area (Å²) in [5.74, 6) is -6.34. The van der Waals surface area contributed by atoms with Crippen molar-refractivity contribution in [1.82, 2.24) is 4.90 Å². The molecule has 0 spiro atoms. The van der Waals surface area contributed by atoms with E-state index in [0.717, 1.165) is 5.39 Å². The van der Waals surface area contributed by atoms with Gasteiger partial charge in [-0.2, -0.15) is 0 Å². The molecule has 200 valence electrons. The second kappa shape index (κ2) is 8.29. The Balaban J connectivity index is 1.55. The molecule has 1 amide bonds. The first-order valence-corrected chi connectivity index (χ1v) is 12.4. The van der Waals surface area contributed by atoms with Gasteiger partial charge in [0.05, 0.1) is 11.6 Å². The van der Waals surface area contributed by atoms with E-state index >= 15 is 0 Å². The predicted molar refractivity (Wildman–Crippen MR) is 139 cm³/mol. The number of para-hydroxylation sites is 1. The van der Waals surface area contributed by atoms with E-state index < -0.39 is 58.0 Å². The molecule has 10 heteroatoms. The van der Waals surface area contributed by atoms with Crippen LogP contribution in [0, 0.1) is 11.8 Å². The highest BCUT2D eigenvalue weighted by Gasteiger charge is 2.63. The first kappa shape index (κ1) is 24.9. The van der Waals surface area contributed by atoms with Crippen molar-refractivity contribution in [2.45, 2.75) is 24.5 Å². The van der Waals surface area contributed by atoms with Gasteiger partial charge in [-0.15, -0.1) is 0 Å². The number of furan rings is 1. The third-order valence-electron chi connectivity index (χ3n) is 8.30. The number of allylic oxidation sites excluding steroid dienone is 1. The molecule has 0 saturated heterocycles. The molecular formula is C29H26N2O8. The molecule has 0 radical (unpaired) electrons. The smallest absolute Gasteiger partial charge is 0.255 e. The summed E-state index contributed by atoms with van der Waals surface area (Å²) < 4.78 is 6.04. The molecule has 3 aromatic rings. The Morgan fingerprint density at radius 3 is 2.49 bits per heavy atom. The number of Topliss-reactive ketones (excluding diaryl/α,β-unsaturated/α-hetero) is 2. The first-order valence-electron chi connectivity index (χ1n) is 12.4. The van der Waals surface area contributed by atoms with Crippen molar-refractivity contribution >= 4 is 28.4 Å². The molecule has 0 unspecified atom stereocenters. The number of rotatable bonds is 3. The zero-order valence-corrected chi connectivity index (χ0v) is 21.1. The van der Waals surface area contributed by atoms with Gasteiger partial charge in [0.25, 0.3) is 5.91 Å². The van der Waals surface area contributed by atoms with E-state index in [4.69, 9.17) is 10.2 Å². The summed E-state index contributed by atoms with van der Waals surface area (Å²) in [6, 6.07) is 11.2. The number of amides is 1. The number of aromatic hydroxyl groups is 1. The monoisotopic (exact) mass is 530 g/mol. The number of phenolic OH excluding ortho intramolecular Hbond substituents is 1. The van der Waals surface area contributed by atoms with Crippen LogP contribution in [0.25, 0.3) is 22.3 Å². The molecule has 0 bridgehead atoms. The van der Waals surface area contributed by atoms with Gasteiger partial charge in [-0.05, 0) is 62.7 Å². The summed E-state index contributed by atoms with van der Waals surface area (Å²) in [6.45, 7) is 0. The maximum absolute atomic E-state index is 13.9. The van der Waals surface area contributed by atoms with Crippen molar-refractivity contribution in [2.24, 2.45) is 17.6 Å². The number of nitrogens with two attached hydrogens (primary N) is 1. The van der Waals surface area contributed by atoms with Gasteiger partial charge < -0.3 is 30.6 Å². The van der Waals surface area contributed by atoms with Gasteiger partial charge in [-0.1, -0.05) is 18.2 Å². The average Bonchev–Trinajstić information content (AvgIpc) is 3.30. The van der Waals surface area contributed by atoms with Gasteiger partial charge in [-0.25, -0.2) is 0 Å². The summed E-state index contributed by atoms with van der Waals surface area (Å²) in [7, 11) is 3.18. The van der Waals surface area contributed by atoms with Gasteiger partial charge in [0.15, 0.2) is 11.4 Å². The average molecular weight is 531 g/mol. The summed E-state index contributed by atoms with van der Waals surface area (Å²) in [5, 5.41) is 45.6. The standard InChI is InChI=1S/C29H26N2O8/c1-31(2)23-16-10-13-9-15-14(19-11-12-5-3-4-6-18(12)39-19)7-8-17(32)21(15)24(33)20(13)26(35)29(16,38)27(36)22(25(23)34)28(30)37/h3-8,11,13,16,23,32,34-35,38H,9-10H2,1-2H3,(H2,30,37)/t13-,16-,23-,29-/m0/s1. The van der Waals surface area contributed by atoms with Crippen LogP contribution in [0.5, 0.6) is 5.75 Å². The van der Waals surface area contributed by atoms with Gasteiger partial charge in [-0.3, -0.25) is 19.3 Å². The van der Waals surface area contributed by atoms with Crippen LogP contribution in [-0.2, 0) is 16.0 Å². The number of primary amides is 1. The van der Waals surface area contributed by atoms with Crippen LogP contribution in [0.3, 0.4) is 0 Å². The predicted octanol–water partition coefficient (Wildman–Crippen LogP) is 2.53. The second-order valence-corrected chi connectivity index (χ2v) is 10.6. The third kappa shape index (κ3) is 3.25. The maximum atomic E-state index is 13.9. The van der Waals surface area contributed by atoms with Crippen LogP contribution >= 0.6 is 0 Å². The van der Waals surface area contributed by atoms with E-state index in [1.54, 1.807) is 20.2 Å². The van der Waals surface area contributed by atoms with E-state index in [1.165, 1.54) is 11.0 Å². The lowest BCUT2D eigenvalue weighted by Crippen LogP contribution is -2.63. The molecule has 6 N–H and O–H groups in total. The van der Waals surface area contributed by atoms with Crippen molar-refractivity contribution < 1.29 is 39.2 Å². The highest BCUT2D eigenvalue weighted by molar-refractivity contribution is 6.24. The first-order chi connectivity index (χ1) is 18.5. The van der Waals surface area contributed by atoms with E-state index in [2.05, 4.69) is 0 Å². The van der Waals surface area contributed by atoms with Crippen molar-refractivity contribution in [3.05, 3.63) is 76.3 Å². The quantitative estimate of drug-likeness (QED) is 0.319. The molecule has 4 atom stereocenters. The molecule has 0 aliphatic heterocycles. The Bertz CT molecular complexity index is 1650. The maximum Gasteiger partial charge on any atom is 0.255 e. The second-order valence-electron chi connectivity index (χ2n) is 10.6. The lowest BCUT2D eigenvalue weighted by Gasteiger charge is -2.50. The molecule has 10 nitrogen and oxygen atoms in total. The van der Waals surface area contributed by atoms with Gasteiger partial charge in [0.2, 0.25) is 5.78 Å². The molecule has 39 heavy (non-hydrogen) atoms. The fourth-order valence-corrected chi connectivity index (χ4v) is 6.60. The number of ketones is 2. The van der Waals surface area contributed by atoms with Gasteiger partial charge in [0.1, 0.15) is 34.2 Å². The van der Waals surface area contributed by atoms with Crippen LogP contribution in [0.1, 0.15) is 22.3 Å². The van der Waals surface area contributed by atoms with Crippen LogP contribution < -0.4 is 5.73 Å². The largest absolute Gasteiger partial charge is 0.510 e. The minimum absolute atomic E-state index is 0.0149. The Kier molecular flexibility index (Phi) is 5.29. The number of hydrogen-bond donors (Lipinski definition) is 5. The lowest BCUT2D eigenvalue weighted by molar-refractivity contribution is -0.148. The fourth-order valence-electron chi connectivity index (χ4n) is 6.60. The summed E-state index contributed by atoms with van der Waals surface area (Å²) in [4.78, 5) is 40.9. The summed E-state index contributed by atoms with van der Waals surface area (Å²) >= 11 is 0. The number of carbonyl (C=O) groups is 3. The molecule has 3 aliphatic rings. The number of carbonyl (C=O) groups excluding carboxylic acids is 3. The SMILES string of the molecule is CN(C)[C@@H]1C(O)=C(C(N)=O)C(=O)[C@@]2(O)C(O)=C3C(=O)c4c(O)ccc(-c5cc6ccccc6o5)c4C[C@H]3C[C@@H]12. The Morgan fingerprint density at radius 2 is 1.82 bits per heavy atom. The number of hydrogen-bond acceptors (Lipinski definition) is 9. The van der Waals surface area contributed by atoms with Crippen molar-refractivity contribution in [1.29, 1.82) is 0 Å². The molecule has 0 saturated carbocycles. The van der Waals surface area contributed by atoms with Gasteiger partial charge in [0, 0.05) is 22.4 Å². The molecule has 2 aromatic carbocycles. The van der Waals surface area contributed by atoms with E-state index in [-0.39, 0.29) is 29.7 Å². The third-order valence-corrected chi connectivity index (χ3v) is 8.30. The number of likely N-dealkylation sites (N-methyl/N-ethyl adjacent to an activating group) is 1. The number of nitrogens with zero attached hydrogens (tertiary/aromatic N) is 1. The normalized spacial score (nSPS) is 26.6. The van der Waals surface area contributed by atoms with E-state index in [9.17, 15) is 34.8 Å². The van der Waals surface area contributed by atoms with Crippen molar-refractivity contribution in [3.63, 3.8) is 0 Å². The molecule has 1 heterocycles. The Morgan fingerprint density at radius 1 is 1.10 bits per heavy atom. The topological polar surface area (TPSA) is 175 Å². The molecule has 6 rings (SSSR count). The summed E-state index contributed by atoms with van der Waals surface area (Å²) in [5.41, 5.74) is 3.35. The van der Waals surface area contributed by atoms with Crippen LogP contribution in [0.15, 0.2) is 69.5 Å². The van der Waals surface area contributed by atoms with Gasteiger partial charge >= 0.3 is 0 Å². The highest BCUT2D eigenvalue weighted by Crippen LogP contribution is 2.53. The van der Waals surface area contributed by atoms with Crippen molar-refractivity contribution in [3.8, 4) is 17.1 Å². The number of aliphatic hydroxyl groups excluding tert-OH is 2. The minimum Gasteiger partial charge on any atom is -0.510 e. The van der Waals surface area contributed by atoms with E-state index in [0.29, 0.717) is 22.5 Å². The molecule has 1 aromatic heterocycles. The zero-order valence-electron chi connectivity index (χ0n) is 21.1. The lowest BCUT2D eigenvalue weighted by atomic mass is 9.58. The Hall–Kier alpha value is -4.41. The van der Waals surface area contributed by atoms with Crippen molar-refractivity contribution in [2.75, 3.05) is 14.1 Å². The number of aliphatic hydroxyl groups is 3. The van der Waals surface area contributed by atoms with Crippen LogP contribution in [-0.4, -0.2) is 68.5 Å². The van der Waals surface area contributed by atoms with Crippen LogP contribution in [0.4, 0.5) is 0 Å². The van der Waals surface area contributed by atoms with Crippen LogP contribution in [0.2, 0.25) is 0 Å².